The van der Waals surface area contributed by atoms with E-state index in [9.17, 15) is 0 Å². The van der Waals surface area contributed by atoms with Crippen LogP contribution in [0.5, 0.6) is 0 Å². The maximum Gasteiger partial charge on any atom is 0.0455 e. The molecule has 1 saturated heterocycles. The van der Waals surface area contributed by atoms with Crippen LogP contribution in [0.15, 0.2) is 54.6 Å². The van der Waals surface area contributed by atoms with E-state index < -0.39 is 0 Å². The Kier molecular flexibility index (Phi) is 4.24. The van der Waals surface area contributed by atoms with E-state index in [0.717, 1.165) is 31.1 Å². The first kappa shape index (κ1) is 13.5. The second kappa shape index (κ2) is 6.29. The number of benzene rings is 2. The van der Waals surface area contributed by atoms with Crippen molar-refractivity contribution in [2.75, 3.05) is 24.5 Å². The van der Waals surface area contributed by atoms with Crippen LogP contribution < -0.4 is 10.2 Å². The minimum atomic E-state index is 0.493. The molecule has 1 fully saturated rings. The lowest BCUT2D eigenvalue weighted by Gasteiger charge is -2.38. The summed E-state index contributed by atoms with van der Waals surface area (Å²) in [5, 5.41) is 4.29. The first-order valence-electron chi connectivity index (χ1n) is 7.10. The van der Waals surface area contributed by atoms with Crippen molar-refractivity contribution in [2.24, 2.45) is 0 Å². The molecule has 0 unspecified atom stereocenters. The van der Waals surface area contributed by atoms with Crippen molar-refractivity contribution < 1.29 is 0 Å². The third-order valence-electron chi connectivity index (χ3n) is 3.82. The summed E-state index contributed by atoms with van der Waals surface area (Å²) in [7, 11) is 0. The zero-order valence-corrected chi connectivity index (χ0v) is 12.2. The van der Waals surface area contributed by atoms with Crippen molar-refractivity contribution in [2.45, 2.75) is 12.5 Å². The molecular weight excluding hydrogens is 268 g/mol. The molecule has 1 aliphatic rings. The molecule has 0 radical (unpaired) electrons. The summed E-state index contributed by atoms with van der Waals surface area (Å²) in [4.78, 5) is 2.49. The largest absolute Gasteiger partial charge is 0.366 e. The lowest BCUT2D eigenvalue weighted by Crippen LogP contribution is -2.52. The Morgan fingerprint density at radius 1 is 1.05 bits per heavy atom. The predicted octanol–water partition coefficient (Wildman–Crippen LogP) is 3.36. The van der Waals surface area contributed by atoms with E-state index >= 15 is 0 Å². The molecule has 1 atom stereocenters. The van der Waals surface area contributed by atoms with Gasteiger partial charge in [0.05, 0.1) is 0 Å². The van der Waals surface area contributed by atoms with Crippen LogP contribution in [0, 0.1) is 0 Å². The quantitative estimate of drug-likeness (QED) is 0.931. The average Bonchev–Trinajstić information content (AvgIpc) is 2.50. The lowest BCUT2D eigenvalue weighted by molar-refractivity contribution is 0.473. The molecule has 0 bridgehead atoms. The molecule has 20 heavy (non-hydrogen) atoms. The van der Waals surface area contributed by atoms with Crippen LogP contribution in [0.1, 0.15) is 5.56 Å². The van der Waals surface area contributed by atoms with E-state index in [2.05, 4.69) is 52.7 Å². The van der Waals surface area contributed by atoms with Gasteiger partial charge >= 0.3 is 0 Å². The van der Waals surface area contributed by atoms with Gasteiger partial charge in [0.2, 0.25) is 0 Å². The molecule has 104 valence electrons. The van der Waals surface area contributed by atoms with Crippen molar-refractivity contribution >= 4 is 17.3 Å². The van der Waals surface area contributed by atoms with Crippen LogP contribution in [0.25, 0.3) is 0 Å². The van der Waals surface area contributed by atoms with Crippen molar-refractivity contribution in [3.8, 4) is 0 Å². The monoisotopic (exact) mass is 286 g/mol. The number of halogens is 1. The molecule has 2 nitrogen and oxygen atoms in total. The SMILES string of the molecule is Clc1ccc(N2CCNC[C@H]2Cc2ccccc2)cc1. The van der Waals surface area contributed by atoms with E-state index in [0.29, 0.717) is 6.04 Å². The van der Waals surface area contributed by atoms with E-state index in [-0.39, 0.29) is 0 Å². The molecule has 1 heterocycles. The number of hydrogen-bond donors (Lipinski definition) is 1. The van der Waals surface area contributed by atoms with Gasteiger partial charge in [-0.2, -0.15) is 0 Å². The van der Waals surface area contributed by atoms with Gasteiger partial charge in [0.1, 0.15) is 0 Å². The summed E-state index contributed by atoms with van der Waals surface area (Å²) in [6, 6.07) is 19.4. The van der Waals surface area contributed by atoms with Gasteiger partial charge in [0.15, 0.2) is 0 Å². The van der Waals surface area contributed by atoms with Crippen molar-refractivity contribution in [3.63, 3.8) is 0 Å². The average molecular weight is 287 g/mol. The topological polar surface area (TPSA) is 15.3 Å². The number of anilines is 1. The van der Waals surface area contributed by atoms with Gasteiger partial charge in [0, 0.05) is 36.4 Å². The van der Waals surface area contributed by atoms with Crippen LogP contribution >= 0.6 is 11.6 Å². The van der Waals surface area contributed by atoms with Crippen molar-refractivity contribution in [3.05, 3.63) is 65.2 Å². The highest BCUT2D eigenvalue weighted by Gasteiger charge is 2.22. The summed E-state index contributed by atoms with van der Waals surface area (Å²) in [5.74, 6) is 0. The second-order valence-corrected chi connectivity index (χ2v) is 5.65. The van der Waals surface area contributed by atoms with Crippen LogP contribution in [0.3, 0.4) is 0 Å². The summed E-state index contributed by atoms with van der Waals surface area (Å²) in [6.45, 7) is 3.10. The molecule has 0 aromatic heterocycles. The third-order valence-corrected chi connectivity index (χ3v) is 4.07. The fourth-order valence-corrected chi connectivity index (χ4v) is 2.93. The molecule has 0 amide bonds. The third kappa shape index (κ3) is 3.14. The molecule has 3 rings (SSSR count). The van der Waals surface area contributed by atoms with E-state index in [1.165, 1.54) is 11.3 Å². The second-order valence-electron chi connectivity index (χ2n) is 5.22. The Balaban J connectivity index is 1.78. The van der Waals surface area contributed by atoms with E-state index in [1.807, 2.05) is 12.1 Å². The fraction of sp³-hybridized carbons (Fsp3) is 0.294. The minimum Gasteiger partial charge on any atom is -0.366 e. The number of rotatable bonds is 3. The maximum atomic E-state index is 5.99. The minimum absolute atomic E-state index is 0.493. The highest BCUT2D eigenvalue weighted by molar-refractivity contribution is 6.30. The van der Waals surface area contributed by atoms with Gasteiger partial charge in [-0.3, -0.25) is 0 Å². The Morgan fingerprint density at radius 2 is 1.80 bits per heavy atom. The van der Waals surface area contributed by atoms with Gasteiger partial charge < -0.3 is 10.2 Å². The molecule has 2 aromatic carbocycles. The molecule has 2 aromatic rings. The Labute approximate surface area is 125 Å². The zero-order chi connectivity index (χ0) is 13.8. The summed E-state index contributed by atoms with van der Waals surface area (Å²) < 4.78 is 0. The number of nitrogens with zero attached hydrogens (tertiary/aromatic N) is 1. The van der Waals surface area contributed by atoms with E-state index in [1.54, 1.807) is 0 Å². The summed E-state index contributed by atoms with van der Waals surface area (Å²) >= 11 is 5.99. The van der Waals surface area contributed by atoms with Crippen molar-refractivity contribution in [1.29, 1.82) is 0 Å². The van der Waals surface area contributed by atoms with Crippen LogP contribution in [0.4, 0.5) is 5.69 Å². The normalized spacial score (nSPS) is 19.1. The Morgan fingerprint density at radius 3 is 2.55 bits per heavy atom. The molecule has 0 aliphatic carbocycles. The van der Waals surface area contributed by atoms with Gasteiger partial charge in [-0.1, -0.05) is 41.9 Å². The van der Waals surface area contributed by atoms with E-state index in [4.69, 9.17) is 11.6 Å². The molecule has 1 N–H and O–H groups in total. The molecule has 3 heteroatoms. The van der Waals surface area contributed by atoms with Gasteiger partial charge in [-0.05, 0) is 36.2 Å². The summed E-state index contributed by atoms with van der Waals surface area (Å²) in [5.41, 5.74) is 2.65. The highest BCUT2D eigenvalue weighted by atomic mass is 35.5. The van der Waals surface area contributed by atoms with Crippen molar-refractivity contribution in [1.82, 2.24) is 5.32 Å². The summed E-state index contributed by atoms with van der Waals surface area (Å²) in [6.07, 6.45) is 1.07. The molecular formula is C17H19ClN2. The highest BCUT2D eigenvalue weighted by Crippen LogP contribution is 2.22. The van der Waals surface area contributed by atoms with Crippen LogP contribution in [-0.2, 0) is 6.42 Å². The Hall–Kier alpha value is -1.51. The molecule has 1 aliphatic heterocycles. The fourth-order valence-electron chi connectivity index (χ4n) is 2.80. The number of hydrogen-bond acceptors (Lipinski definition) is 2. The Bertz CT molecular complexity index is 539. The van der Waals surface area contributed by atoms with Gasteiger partial charge in [-0.25, -0.2) is 0 Å². The molecule has 0 spiro atoms. The van der Waals surface area contributed by atoms with Crippen LogP contribution in [0.2, 0.25) is 5.02 Å². The lowest BCUT2D eigenvalue weighted by atomic mass is 10.0. The smallest absolute Gasteiger partial charge is 0.0455 e. The molecule has 0 saturated carbocycles. The standard InChI is InChI=1S/C17H19ClN2/c18-15-6-8-16(9-7-15)20-11-10-19-13-17(20)12-14-4-2-1-3-5-14/h1-9,17,19H,10-13H2/t17-/m1/s1. The first-order valence-corrected chi connectivity index (χ1v) is 7.47. The number of piperazine rings is 1. The zero-order valence-electron chi connectivity index (χ0n) is 11.4. The maximum absolute atomic E-state index is 5.99. The first-order chi connectivity index (χ1) is 9.83. The number of nitrogens with one attached hydrogen (secondary N) is 1. The van der Waals surface area contributed by atoms with Crippen LogP contribution in [-0.4, -0.2) is 25.7 Å². The predicted molar refractivity (Wildman–Crippen MR) is 85.6 cm³/mol. The van der Waals surface area contributed by atoms with Gasteiger partial charge in [-0.15, -0.1) is 0 Å². The van der Waals surface area contributed by atoms with Gasteiger partial charge in [0.25, 0.3) is 0 Å².